The molecule has 0 atom stereocenters. The lowest BCUT2D eigenvalue weighted by molar-refractivity contribution is -0.298. The van der Waals surface area contributed by atoms with Gasteiger partial charge in [0.25, 0.3) is 0 Å². The van der Waals surface area contributed by atoms with E-state index in [1.54, 1.807) is 20.8 Å². The van der Waals surface area contributed by atoms with Crippen molar-refractivity contribution in [2.24, 2.45) is 5.41 Å². The van der Waals surface area contributed by atoms with Crippen molar-refractivity contribution in [2.75, 3.05) is 13.1 Å². The summed E-state index contributed by atoms with van der Waals surface area (Å²) in [5, 5.41) is 9.11. The van der Waals surface area contributed by atoms with Crippen molar-refractivity contribution in [2.45, 2.75) is 32.5 Å². The number of nitrogens with zero attached hydrogens (tertiary/aromatic N) is 1. The SMILES string of the molecule is CC(C)(C)C(=O)N1CC(O)(C(F)(F)F)C1. The van der Waals surface area contributed by atoms with E-state index in [2.05, 4.69) is 0 Å². The molecule has 0 bridgehead atoms. The highest BCUT2D eigenvalue weighted by Gasteiger charge is 2.62. The molecule has 6 heteroatoms. The highest BCUT2D eigenvalue weighted by atomic mass is 19.4. The van der Waals surface area contributed by atoms with Crippen LogP contribution in [0.25, 0.3) is 0 Å². The molecule has 88 valence electrons. The Morgan fingerprint density at radius 2 is 1.67 bits per heavy atom. The van der Waals surface area contributed by atoms with E-state index in [0.29, 0.717) is 0 Å². The van der Waals surface area contributed by atoms with Crippen LogP contribution in [0.5, 0.6) is 0 Å². The molecular weight excluding hydrogens is 211 g/mol. The van der Waals surface area contributed by atoms with Crippen molar-refractivity contribution >= 4 is 5.91 Å². The molecule has 1 aliphatic heterocycles. The van der Waals surface area contributed by atoms with E-state index in [9.17, 15) is 18.0 Å². The first kappa shape index (κ1) is 12.3. The number of alkyl halides is 3. The first-order valence-corrected chi connectivity index (χ1v) is 4.56. The number of amides is 1. The lowest BCUT2D eigenvalue weighted by Crippen LogP contribution is -2.71. The van der Waals surface area contributed by atoms with Crippen molar-refractivity contribution in [1.82, 2.24) is 4.90 Å². The summed E-state index contributed by atoms with van der Waals surface area (Å²) in [6.45, 7) is 3.56. The third-order valence-electron chi connectivity index (χ3n) is 2.36. The van der Waals surface area contributed by atoms with Gasteiger partial charge in [-0.05, 0) is 0 Å². The van der Waals surface area contributed by atoms with Gasteiger partial charge in [-0.2, -0.15) is 13.2 Å². The summed E-state index contributed by atoms with van der Waals surface area (Å²) >= 11 is 0. The van der Waals surface area contributed by atoms with Gasteiger partial charge in [0.05, 0.1) is 13.1 Å². The topological polar surface area (TPSA) is 40.5 Å². The summed E-state index contributed by atoms with van der Waals surface area (Å²) in [6.07, 6.45) is -4.67. The number of β-amino-alcohol motifs (C(OH)–C–C–N with tert-alkyl or cyclic N) is 1. The smallest absolute Gasteiger partial charge is 0.378 e. The summed E-state index contributed by atoms with van der Waals surface area (Å²) in [5.41, 5.74) is -3.43. The summed E-state index contributed by atoms with van der Waals surface area (Å²) in [6, 6.07) is 0. The van der Waals surface area contributed by atoms with Gasteiger partial charge < -0.3 is 10.0 Å². The van der Waals surface area contributed by atoms with Gasteiger partial charge in [-0.1, -0.05) is 20.8 Å². The molecule has 0 aliphatic carbocycles. The summed E-state index contributed by atoms with van der Waals surface area (Å²) in [4.78, 5) is 12.5. The molecule has 3 nitrogen and oxygen atoms in total. The number of carbonyl (C=O) groups excluding carboxylic acids is 1. The second-order valence-electron chi connectivity index (χ2n) is 4.94. The molecule has 0 aromatic heterocycles. The largest absolute Gasteiger partial charge is 0.420 e. The fraction of sp³-hybridized carbons (Fsp3) is 0.889. The van der Waals surface area contributed by atoms with Gasteiger partial charge in [0.2, 0.25) is 5.91 Å². The number of likely N-dealkylation sites (tertiary alicyclic amines) is 1. The molecule has 1 amide bonds. The van der Waals surface area contributed by atoms with E-state index >= 15 is 0 Å². The highest BCUT2D eigenvalue weighted by Crippen LogP contribution is 2.39. The third-order valence-corrected chi connectivity index (χ3v) is 2.36. The number of rotatable bonds is 0. The molecule has 0 aromatic carbocycles. The van der Waals surface area contributed by atoms with Crippen LogP contribution < -0.4 is 0 Å². The monoisotopic (exact) mass is 225 g/mol. The minimum absolute atomic E-state index is 0.378. The molecule has 0 unspecified atom stereocenters. The Bertz CT molecular complexity index is 274. The van der Waals surface area contributed by atoms with Crippen molar-refractivity contribution in [3.8, 4) is 0 Å². The third kappa shape index (κ3) is 2.09. The molecular formula is C9H14F3NO2. The lowest BCUT2D eigenvalue weighted by atomic mass is 9.87. The van der Waals surface area contributed by atoms with Crippen LogP contribution in [0.3, 0.4) is 0 Å². The molecule has 1 heterocycles. The van der Waals surface area contributed by atoms with Gasteiger partial charge in [-0.15, -0.1) is 0 Å². The van der Waals surface area contributed by atoms with Gasteiger partial charge in [0, 0.05) is 5.41 Å². The Morgan fingerprint density at radius 1 is 1.27 bits per heavy atom. The summed E-state index contributed by atoms with van der Waals surface area (Å²) < 4.78 is 36.7. The average molecular weight is 225 g/mol. The molecule has 0 radical (unpaired) electrons. The number of carbonyl (C=O) groups is 1. The Labute approximate surface area is 85.9 Å². The highest BCUT2D eigenvalue weighted by molar-refractivity contribution is 5.82. The van der Waals surface area contributed by atoms with Crippen molar-refractivity contribution in [1.29, 1.82) is 0 Å². The van der Waals surface area contributed by atoms with E-state index in [4.69, 9.17) is 5.11 Å². The van der Waals surface area contributed by atoms with Crippen LogP contribution in [0, 0.1) is 5.41 Å². The van der Waals surface area contributed by atoms with E-state index in [1.807, 2.05) is 0 Å². The van der Waals surface area contributed by atoms with E-state index in [0.717, 1.165) is 4.90 Å². The van der Waals surface area contributed by atoms with E-state index < -0.39 is 30.3 Å². The van der Waals surface area contributed by atoms with Gasteiger partial charge in [-0.25, -0.2) is 0 Å². The molecule has 1 fully saturated rings. The zero-order valence-corrected chi connectivity index (χ0v) is 8.85. The predicted octanol–water partition coefficient (Wildman–Crippen LogP) is 1.17. The molecule has 15 heavy (non-hydrogen) atoms. The minimum Gasteiger partial charge on any atom is -0.378 e. The first-order chi connectivity index (χ1) is 6.47. The maximum Gasteiger partial charge on any atom is 0.420 e. The minimum atomic E-state index is -4.67. The first-order valence-electron chi connectivity index (χ1n) is 4.56. The molecule has 1 saturated heterocycles. The summed E-state index contributed by atoms with van der Waals surface area (Å²) in [7, 11) is 0. The van der Waals surface area contributed by atoms with Gasteiger partial charge in [0.1, 0.15) is 0 Å². The second kappa shape index (κ2) is 3.10. The van der Waals surface area contributed by atoms with E-state index in [-0.39, 0.29) is 5.91 Å². The Hall–Kier alpha value is -0.780. The number of hydrogen-bond acceptors (Lipinski definition) is 2. The van der Waals surface area contributed by atoms with Crippen LogP contribution in [0.4, 0.5) is 13.2 Å². The molecule has 0 spiro atoms. The number of halogens is 3. The van der Waals surface area contributed by atoms with Crippen molar-refractivity contribution in [3.05, 3.63) is 0 Å². The van der Waals surface area contributed by atoms with Crippen LogP contribution in [0.1, 0.15) is 20.8 Å². The maximum atomic E-state index is 12.2. The van der Waals surface area contributed by atoms with Gasteiger partial charge in [0.15, 0.2) is 5.60 Å². The zero-order valence-electron chi connectivity index (χ0n) is 8.85. The van der Waals surface area contributed by atoms with Crippen LogP contribution in [0.2, 0.25) is 0 Å². The quantitative estimate of drug-likeness (QED) is 0.672. The van der Waals surface area contributed by atoms with Gasteiger partial charge in [-0.3, -0.25) is 4.79 Å². The van der Waals surface area contributed by atoms with Crippen molar-refractivity contribution in [3.63, 3.8) is 0 Å². The van der Waals surface area contributed by atoms with Crippen LogP contribution >= 0.6 is 0 Å². The van der Waals surface area contributed by atoms with E-state index in [1.165, 1.54) is 0 Å². The van der Waals surface area contributed by atoms with Crippen LogP contribution in [-0.4, -0.2) is 40.8 Å². The Morgan fingerprint density at radius 3 is 1.93 bits per heavy atom. The maximum absolute atomic E-state index is 12.2. The average Bonchev–Trinajstić information content (AvgIpc) is 1.93. The standard InChI is InChI=1S/C9H14F3NO2/c1-7(2,3)6(14)13-4-8(15,5-13)9(10,11)12/h15H,4-5H2,1-3H3. The number of aliphatic hydroxyl groups is 1. The van der Waals surface area contributed by atoms with Gasteiger partial charge >= 0.3 is 6.18 Å². The fourth-order valence-electron chi connectivity index (χ4n) is 1.38. The Balaban J connectivity index is 2.62. The fourth-order valence-corrected chi connectivity index (χ4v) is 1.38. The predicted molar refractivity (Wildman–Crippen MR) is 47.0 cm³/mol. The zero-order chi connectivity index (χ0) is 12.1. The lowest BCUT2D eigenvalue weighted by Gasteiger charge is -2.48. The molecule has 1 N–H and O–H groups in total. The number of hydrogen-bond donors (Lipinski definition) is 1. The molecule has 0 saturated carbocycles. The van der Waals surface area contributed by atoms with Crippen molar-refractivity contribution < 1.29 is 23.1 Å². The normalized spacial score (nSPS) is 21.1. The molecule has 1 rings (SSSR count). The summed E-state index contributed by atoms with van der Waals surface area (Å²) in [5.74, 6) is -0.378. The molecule has 1 aliphatic rings. The Kier molecular flexibility index (Phi) is 2.54. The van der Waals surface area contributed by atoms with Crippen LogP contribution in [0.15, 0.2) is 0 Å². The molecule has 0 aromatic rings. The van der Waals surface area contributed by atoms with Crippen LogP contribution in [-0.2, 0) is 4.79 Å². The second-order valence-corrected chi connectivity index (χ2v) is 4.94.